The standard InChI is InChI=1S/C17H20F3NO4S/c1-15(2)9-16(14(22)25-3)10-21(8-13(15)16)26(23,24)12-6-4-5-11(7-12)17(18,19)20/h4-7,13H,8-10H2,1-3H3/t13-,16+/m1/s1. The molecule has 0 radical (unpaired) electrons. The van der Waals surface area contributed by atoms with Crippen LogP contribution in [0.15, 0.2) is 29.2 Å². The number of rotatable bonds is 3. The van der Waals surface area contributed by atoms with E-state index < -0.39 is 38.0 Å². The molecule has 1 saturated carbocycles. The number of carbonyl (C=O) groups is 1. The summed E-state index contributed by atoms with van der Waals surface area (Å²) in [6.45, 7) is 3.89. The smallest absolute Gasteiger partial charge is 0.416 e. The second-order valence-electron chi connectivity index (χ2n) is 7.69. The predicted molar refractivity (Wildman–Crippen MR) is 86.5 cm³/mol. The molecule has 2 aliphatic rings. The second kappa shape index (κ2) is 5.69. The first-order chi connectivity index (χ1) is 11.8. The molecule has 2 fully saturated rings. The van der Waals surface area contributed by atoms with Gasteiger partial charge in [0.15, 0.2) is 0 Å². The van der Waals surface area contributed by atoms with Crippen LogP contribution in [0.2, 0.25) is 0 Å². The first-order valence-corrected chi connectivity index (χ1v) is 9.54. The highest BCUT2D eigenvalue weighted by atomic mass is 32.2. The maximum atomic E-state index is 12.9. The molecule has 2 atom stereocenters. The molecule has 1 aromatic carbocycles. The molecule has 5 nitrogen and oxygen atoms in total. The van der Waals surface area contributed by atoms with Crippen molar-refractivity contribution in [2.45, 2.75) is 31.3 Å². The van der Waals surface area contributed by atoms with Crippen molar-refractivity contribution in [1.82, 2.24) is 4.31 Å². The molecule has 144 valence electrons. The van der Waals surface area contributed by atoms with E-state index in [0.717, 1.165) is 22.5 Å². The van der Waals surface area contributed by atoms with E-state index in [-0.39, 0.29) is 24.4 Å². The Labute approximate surface area is 150 Å². The normalized spacial score (nSPS) is 28.3. The molecular weight excluding hydrogens is 371 g/mol. The first kappa shape index (κ1) is 19.2. The number of ether oxygens (including phenoxy) is 1. The van der Waals surface area contributed by atoms with E-state index in [0.29, 0.717) is 12.5 Å². The molecule has 0 spiro atoms. The second-order valence-corrected chi connectivity index (χ2v) is 9.63. The summed E-state index contributed by atoms with van der Waals surface area (Å²) in [6, 6.07) is 3.67. The van der Waals surface area contributed by atoms with Crippen LogP contribution in [0.1, 0.15) is 25.8 Å². The van der Waals surface area contributed by atoms with Crippen LogP contribution in [0, 0.1) is 16.7 Å². The maximum absolute atomic E-state index is 12.9. The fourth-order valence-corrected chi connectivity index (χ4v) is 6.06. The molecule has 0 N–H and O–H groups in total. The molecule has 0 aromatic heterocycles. The lowest BCUT2D eigenvalue weighted by Crippen LogP contribution is -2.57. The van der Waals surface area contributed by atoms with E-state index in [4.69, 9.17) is 4.74 Å². The van der Waals surface area contributed by atoms with E-state index in [1.165, 1.54) is 7.11 Å². The maximum Gasteiger partial charge on any atom is 0.416 e. The number of hydrogen-bond acceptors (Lipinski definition) is 4. The number of esters is 1. The molecule has 0 unspecified atom stereocenters. The summed E-state index contributed by atoms with van der Waals surface area (Å²) in [4.78, 5) is 11.9. The topological polar surface area (TPSA) is 63.7 Å². The summed E-state index contributed by atoms with van der Waals surface area (Å²) in [5, 5.41) is 0. The van der Waals surface area contributed by atoms with Crippen LogP contribution in [0.4, 0.5) is 13.2 Å². The number of fused-ring (bicyclic) bond motifs is 1. The van der Waals surface area contributed by atoms with Crippen molar-refractivity contribution >= 4 is 16.0 Å². The molecule has 0 amide bonds. The molecule has 9 heteroatoms. The third-order valence-corrected chi connectivity index (χ3v) is 7.42. The lowest BCUT2D eigenvalue weighted by atomic mass is 9.48. The van der Waals surface area contributed by atoms with Gasteiger partial charge in [0.2, 0.25) is 10.0 Å². The number of sulfonamides is 1. The van der Waals surface area contributed by atoms with Crippen LogP contribution >= 0.6 is 0 Å². The van der Waals surface area contributed by atoms with E-state index in [2.05, 4.69) is 0 Å². The Morgan fingerprint density at radius 2 is 1.96 bits per heavy atom. The predicted octanol–water partition coefficient (Wildman–Crippen LogP) is 2.92. The van der Waals surface area contributed by atoms with Crippen LogP contribution in [0.3, 0.4) is 0 Å². The van der Waals surface area contributed by atoms with E-state index in [1.54, 1.807) is 0 Å². The number of alkyl halides is 3. The first-order valence-electron chi connectivity index (χ1n) is 8.10. The van der Waals surface area contributed by atoms with E-state index in [1.807, 2.05) is 13.8 Å². The van der Waals surface area contributed by atoms with Crippen molar-refractivity contribution in [2.75, 3.05) is 20.2 Å². The zero-order chi connectivity index (χ0) is 19.5. The third kappa shape index (κ3) is 2.72. The van der Waals surface area contributed by atoms with Crippen LogP contribution in [-0.4, -0.2) is 38.9 Å². The highest BCUT2D eigenvalue weighted by molar-refractivity contribution is 7.89. The van der Waals surface area contributed by atoms with Crippen LogP contribution in [0.25, 0.3) is 0 Å². The fourth-order valence-electron chi connectivity index (χ4n) is 4.49. The minimum atomic E-state index is -4.63. The summed E-state index contributed by atoms with van der Waals surface area (Å²) >= 11 is 0. The summed E-state index contributed by atoms with van der Waals surface area (Å²) < 4.78 is 70.5. The number of nitrogens with zero attached hydrogens (tertiary/aromatic N) is 1. The van der Waals surface area contributed by atoms with Crippen LogP contribution in [0.5, 0.6) is 0 Å². The Balaban J connectivity index is 1.96. The van der Waals surface area contributed by atoms with Crippen molar-refractivity contribution in [3.63, 3.8) is 0 Å². The Hall–Kier alpha value is -1.61. The molecule has 1 aromatic rings. The molecule has 26 heavy (non-hydrogen) atoms. The summed E-state index contributed by atoms with van der Waals surface area (Å²) in [6.07, 6.45) is -4.16. The Kier molecular flexibility index (Phi) is 4.19. The minimum absolute atomic E-state index is 0.0770. The Bertz CT molecular complexity index is 850. The van der Waals surface area contributed by atoms with Gasteiger partial charge in [0.1, 0.15) is 0 Å². The molecule has 1 saturated heterocycles. The van der Waals surface area contributed by atoms with Crippen molar-refractivity contribution in [3.05, 3.63) is 29.8 Å². The average molecular weight is 391 g/mol. The number of halogens is 3. The molecule has 1 heterocycles. The van der Waals surface area contributed by atoms with Gasteiger partial charge in [0.05, 0.1) is 23.0 Å². The van der Waals surface area contributed by atoms with Crippen LogP contribution in [-0.2, 0) is 25.7 Å². The molecule has 3 rings (SSSR count). The average Bonchev–Trinajstić information content (AvgIpc) is 2.90. The van der Waals surface area contributed by atoms with Crippen molar-refractivity contribution in [3.8, 4) is 0 Å². The third-order valence-electron chi connectivity index (χ3n) is 5.62. The number of hydrogen-bond donors (Lipinski definition) is 0. The van der Waals surface area contributed by atoms with Gasteiger partial charge in [-0.1, -0.05) is 19.9 Å². The summed E-state index contributed by atoms with van der Waals surface area (Å²) in [7, 11) is -2.90. The highest BCUT2D eigenvalue weighted by Gasteiger charge is 2.68. The zero-order valence-corrected chi connectivity index (χ0v) is 15.4. The van der Waals surface area contributed by atoms with Gasteiger partial charge in [-0.3, -0.25) is 4.79 Å². The van der Waals surface area contributed by atoms with E-state index >= 15 is 0 Å². The lowest BCUT2D eigenvalue weighted by Gasteiger charge is -2.54. The minimum Gasteiger partial charge on any atom is -0.469 e. The van der Waals surface area contributed by atoms with Gasteiger partial charge in [0.25, 0.3) is 0 Å². The van der Waals surface area contributed by atoms with E-state index in [9.17, 15) is 26.4 Å². The molecule has 1 aliphatic carbocycles. The summed E-state index contributed by atoms with van der Waals surface area (Å²) in [5.41, 5.74) is -2.19. The van der Waals surface area contributed by atoms with Crippen molar-refractivity contribution in [2.24, 2.45) is 16.7 Å². The summed E-state index contributed by atoms with van der Waals surface area (Å²) in [5.74, 6) is -0.702. The van der Waals surface area contributed by atoms with Gasteiger partial charge in [-0.25, -0.2) is 8.42 Å². The Morgan fingerprint density at radius 1 is 1.31 bits per heavy atom. The number of carbonyl (C=O) groups excluding carboxylic acids is 1. The zero-order valence-electron chi connectivity index (χ0n) is 14.6. The van der Waals surface area contributed by atoms with Gasteiger partial charge >= 0.3 is 12.1 Å². The van der Waals surface area contributed by atoms with Gasteiger partial charge in [-0.2, -0.15) is 17.5 Å². The highest BCUT2D eigenvalue weighted by Crippen LogP contribution is 2.63. The van der Waals surface area contributed by atoms with Crippen LogP contribution < -0.4 is 0 Å². The molecule has 0 bridgehead atoms. The Morgan fingerprint density at radius 3 is 2.50 bits per heavy atom. The van der Waals surface area contributed by atoms with Crippen molar-refractivity contribution in [1.29, 1.82) is 0 Å². The SMILES string of the molecule is COC(=O)[C@@]12CN(S(=O)(=O)c3cccc(C(F)(F)F)c3)C[C@@H]1C(C)(C)C2. The lowest BCUT2D eigenvalue weighted by molar-refractivity contribution is -0.174. The molecular formula is C17H20F3NO4S. The van der Waals surface area contributed by atoms with Crippen molar-refractivity contribution < 1.29 is 31.1 Å². The van der Waals surface area contributed by atoms with Gasteiger partial charge < -0.3 is 4.74 Å². The number of benzene rings is 1. The van der Waals surface area contributed by atoms with Gasteiger partial charge in [-0.05, 0) is 36.0 Å². The fraction of sp³-hybridized carbons (Fsp3) is 0.588. The largest absolute Gasteiger partial charge is 0.469 e. The quantitative estimate of drug-likeness (QED) is 0.744. The monoisotopic (exact) mass is 391 g/mol. The number of methoxy groups -OCH3 is 1. The van der Waals surface area contributed by atoms with Gasteiger partial charge in [-0.15, -0.1) is 0 Å². The van der Waals surface area contributed by atoms with Gasteiger partial charge in [0, 0.05) is 13.1 Å². The molecule has 1 aliphatic heterocycles.